The Kier molecular flexibility index (Phi) is 8.51. The molecule has 1 aliphatic heterocycles. The van der Waals surface area contributed by atoms with E-state index < -0.39 is 0 Å². The molecule has 2 heterocycles. The SMILES string of the molecule is Cc1ccc(C)c(OCC(=O)c2ccc3c(c2)N(CCCC(=O)NCCc2ccccn2)C(=O)CO3)c1. The fourth-order valence-electron chi connectivity index (χ4n) is 4.07. The molecule has 0 unspecified atom stereocenters. The summed E-state index contributed by atoms with van der Waals surface area (Å²) in [6.45, 7) is 4.56. The van der Waals surface area contributed by atoms with E-state index in [1.54, 1.807) is 29.3 Å². The lowest BCUT2D eigenvalue weighted by Gasteiger charge is -2.29. The first-order valence-corrected chi connectivity index (χ1v) is 12.4. The Morgan fingerprint density at radius 1 is 1.11 bits per heavy atom. The van der Waals surface area contributed by atoms with Crippen LogP contribution in [0, 0.1) is 13.8 Å². The quantitative estimate of drug-likeness (QED) is 0.401. The standard InChI is InChI=1S/C29H31N3O5/c1-20-8-9-21(2)27(16-20)36-18-25(33)22-10-11-26-24(17-22)32(29(35)19-37-26)15-5-7-28(34)31-14-12-23-6-3-4-13-30-23/h3-4,6,8-11,13,16-17H,5,7,12,14-15,18-19H2,1-2H3,(H,31,34). The van der Waals surface area contributed by atoms with Crippen LogP contribution in [-0.2, 0) is 16.0 Å². The fraction of sp³-hybridized carbons (Fsp3) is 0.310. The predicted molar refractivity (Wildman–Crippen MR) is 140 cm³/mol. The zero-order valence-electron chi connectivity index (χ0n) is 21.2. The molecule has 1 N–H and O–H groups in total. The number of hydrogen-bond acceptors (Lipinski definition) is 6. The van der Waals surface area contributed by atoms with E-state index in [2.05, 4.69) is 10.3 Å². The minimum atomic E-state index is -0.209. The number of nitrogens with one attached hydrogen (secondary N) is 1. The number of benzene rings is 2. The lowest BCUT2D eigenvalue weighted by atomic mass is 10.1. The molecule has 3 aromatic rings. The Morgan fingerprint density at radius 3 is 2.78 bits per heavy atom. The van der Waals surface area contributed by atoms with Gasteiger partial charge in [-0.05, 0) is 67.8 Å². The molecular formula is C29H31N3O5. The number of fused-ring (bicyclic) bond motifs is 1. The molecule has 192 valence electrons. The Bertz CT molecular complexity index is 1280. The van der Waals surface area contributed by atoms with Gasteiger partial charge in [0.25, 0.3) is 5.91 Å². The van der Waals surface area contributed by atoms with E-state index in [0.29, 0.717) is 48.7 Å². The molecule has 0 saturated heterocycles. The third kappa shape index (κ3) is 6.94. The van der Waals surface area contributed by atoms with Gasteiger partial charge in [-0.2, -0.15) is 0 Å². The van der Waals surface area contributed by atoms with Crippen molar-refractivity contribution < 1.29 is 23.9 Å². The summed E-state index contributed by atoms with van der Waals surface area (Å²) in [6, 6.07) is 16.6. The number of hydrogen-bond donors (Lipinski definition) is 1. The number of nitrogens with zero attached hydrogens (tertiary/aromatic N) is 2. The van der Waals surface area contributed by atoms with Gasteiger partial charge in [0.2, 0.25) is 5.91 Å². The third-order valence-electron chi connectivity index (χ3n) is 6.14. The van der Waals surface area contributed by atoms with E-state index in [0.717, 1.165) is 16.8 Å². The van der Waals surface area contributed by atoms with Gasteiger partial charge in [0.15, 0.2) is 19.0 Å². The molecule has 1 aliphatic rings. The second-order valence-corrected chi connectivity index (χ2v) is 9.02. The first-order valence-electron chi connectivity index (χ1n) is 12.4. The maximum absolute atomic E-state index is 12.9. The van der Waals surface area contributed by atoms with E-state index in [4.69, 9.17) is 9.47 Å². The van der Waals surface area contributed by atoms with Crippen LogP contribution >= 0.6 is 0 Å². The van der Waals surface area contributed by atoms with Crippen LogP contribution in [0.4, 0.5) is 5.69 Å². The molecule has 0 atom stereocenters. The van der Waals surface area contributed by atoms with Crippen molar-refractivity contribution in [3.63, 3.8) is 0 Å². The van der Waals surface area contributed by atoms with Gasteiger partial charge < -0.3 is 19.7 Å². The van der Waals surface area contributed by atoms with Crippen LogP contribution in [0.2, 0.25) is 0 Å². The molecule has 0 fully saturated rings. The van der Waals surface area contributed by atoms with Gasteiger partial charge in [-0.15, -0.1) is 0 Å². The maximum atomic E-state index is 12.9. The Morgan fingerprint density at radius 2 is 1.97 bits per heavy atom. The van der Waals surface area contributed by atoms with Crippen LogP contribution < -0.4 is 19.7 Å². The first-order chi connectivity index (χ1) is 17.9. The van der Waals surface area contributed by atoms with Crippen molar-refractivity contribution in [3.8, 4) is 11.5 Å². The molecule has 0 radical (unpaired) electrons. The number of carbonyl (C=O) groups is 3. The van der Waals surface area contributed by atoms with E-state index in [1.165, 1.54) is 0 Å². The Labute approximate surface area is 216 Å². The molecule has 8 nitrogen and oxygen atoms in total. The van der Waals surface area contributed by atoms with Gasteiger partial charge >= 0.3 is 0 Å². The Hall–Kier alpha value is -4.20. The first kappa shape index (κ1) is 25.9. The molecule has 0 saturated carbocycles. The molecule has 1 aromatic heterocycles. The number of ketones is 1. The van der Waals surface area contributed by atoms with E-state index in [-0.39, 0.29) is 37.2 Å². The molecular weight excluding hydrogens is 470 g/mol. The molecule has 0 bridgehead atoms. The van der Waals surface area contributed by atoms with Crippen molar-refractivity contribution in [2.75, 3.05) is 31.2 Å². The normalized spacial score (nSPS) is 12.5. The van der Waals surface area contributed by atoms with Crippen LogP contribution in [0.5, 0.6) is 11.5 Å². The second-order valence-electron chi connectivity index (χ2n) is 9.02. The lowest BCUT2D eigenvalue weighted by Crippen LogP contribution is -2.40. The summed E-state index contributed by atoms with van der Waals surface area (Å²) < 4.78 is 11.3. The number of rotatable bonds is 11. The number of aryl methyl sites for hydroxylation is 2. The largest absolute Gasteiger partial charge is 0.485 e. The van der Waals surface area contributed by atoms with E-state index in [1.807, 2.05) is 50.2 Å². The highest BCUT2D eigenvalue weighted by atomic mass is 16.5. The predicted octanol–water partition coefficient (Wildman–Crippen LogP) is 3.82. The van der Waals surface area contributed by atoms with Gasteiger partial charge in [-0.1, -0.05) is 18.2 Å². The number of amides is 2. The van der Waals surface area contributed by atoms with Crippen LogP contribution in [0.3, 0.4) is 0 Å². The van der Waals surface area contributed by atoms with Crippen LogP contribution in [0.25, 0.3) is 0 Å². The zero-order valence-corrected chi connectivity index (χ0v) is 21.2. The van der Waals surface area contributed by atoms with Crippen molar-refractivity contribution in [2.24, 2.45) is 0 Å². The molecule has 37 heavy (non-hydrogen) atoms. The average Bonchev–Trinajstić information content (AvgIpc) is 2.90. The van der Waals surface area contributed by atoms with Gasteiger partial charge in [0.1, 0.15) is 11.5 Å². The minimum Gasteiger partial charge on any atom is -0.485 e. The maximum Gasteiger partial charge on any atom is 0.265 e. The number of pyridine rings is 1. The number of carbonyl (C=O) groups excluding carboxylic acids is 3. The molecule has 4 rings (SSSR count). The van der Waals surface area contributed by atoms with Gasteiger partial charge in [-0.25, -0.2) is 0 Å². The fourth-order valence-corrected chi connectivity index (χ4v) is 4.07. The molecule has 2 amide bonds. The summed E-state index contributed by atoms with van der Waals surface area (Å²) in [7, 11) is 0. The van der Waals surface area contributed by atoms with Gasteiger partial charge in [0, 0.05) is 43.4 Å². The van der Waals surface area contributed by atoms with E-state index in [9.17, 15) is 14.4 Å². The topological polar surface area (TPSA) is 97.8 Å². The number of ether oxygens (including phenoxy) is 2. The minimum absolute atomic E-state index is 0.0771. The third-order valence-corrected chi connectivity index (χ3v) is 6.14. The van der Waals surface area contributed by atoms with Crippen LogP contribution in [-0.4, -0.2) is 48.9 Å². The number of Topliss-reactive ketones (excluding diaryl/α,β-unsaturated/α-hetero) is 1. The van der Waals surface area contributed by atoms with Crippen molar-refractivity contribution in [3.05, 3.63) is 83.2 Å². The summed E-state index contributed by atoms with van der Waals surface area (Å²) in [5, 5.41) is 2.89. The summed E-state index contributed by atoms with van der Waals surface area (Å²) >= 11 is 0. The average molecular weight is 502 g/mol. The van der Waals surface area contributed by atoms with Crippen molar-refractivity contribution in [1.82, 2.24) is 10.3 Å². The van der Waals surface area contributed by atoms with Crippen molar-refractivity contribution >= 4 is 23.3 Å². The zero-order chi connectivity index (χ0) is 26.2. The molecule has 0 aliphatic carbocycles. The molecule has 0 spiro atoms. The van der Waals surface area contributed by atoms with Crippen LogP contribution in [0.1, 0.15) is 40.0 Å². The molecule has 8 heteroatoms. The highest BCUT2D eigenvalue weighted by molar-refractivity contribution is 6.02. The second kappa shape index (κ2) is 12.2. The highest BCUT2D eigenvalue weighted by Gasteiger charge is 2.26. The Balaban J connectivity index is 1.32. The summed E-state index contributed by atoms with van der Waals surface area (Å²) in [5.41, 5.74) is 3.89. The summed E-state index contributed by atoms with van der Waals surface area (Å²) in [4.78, 5) is 43.6. The van der Waals surface area contributed by atoms with Crippen molar-refractivity contribution in [2.45, 2.75) is 33.1 Å². The van der Waals surface area contributed by atoms with Crippen molar-refractivity contribution in [1.29, 1.82) is 0 Å². The monoisotopic (exact) mass is 501 g/mol. The highest BCUT2D eigenvalue weighted by Crippen LogP contribution is 2.33. The molecule has 2 aromatic carbocycles. The lowest BCUT2D eigenvalue weighted by molar-refractivity contribution is -0.122. The van der Waals surface area contributed by atoms with Gasteiger partial charge in [0.05, 0.1) is 5.69 Å². The summed E-state index contributed by atoms with van der Waals surface area (Å²) in [5.74, 6) is 0.716. The summed E-state index contributed by atoms with van der Waals surface area (Å²) in [6.07, 6.45) is 3.15. The number of aromatic nitrogens is 1. The van der Waals surface area contributed by atoms with Gasteiger partial charge in [-0.3, -0.25) is 19.4 Å². The smallest absolute Gasteiger partial charge is 0.265 e. The van der Waals surface area contributed by atoms with E-state index >= 15 is 0 Å². The number of anilines is 1. The van der Waals surface area contributed by atoms with Crippen LogP contribution in [0.15, 0.2) is 60.8 Å².